The van der Waals surface area contributed by atoms with Crippen molar-refractivity contribution in [1.82, 2.24) is 39.0 Å². The fraction of sp³-hybridized carbons (Fsp3) is 0. The minimum absolute atomic E-state index is 0.514. The molecule has 0 aliphatic carbocycles. The molecule has 8 heteroatoms. The van der Waals surface area contributed by atoms with E-state index in [9.17, 15) is 0 Å². The van der Waals surface area contributed by atoms with Gasteiger partial charge in [0.25, 0.3) is 0 Å². The first-order valence-corrected chi connectivity index (χ1v) is 22.6. The molecule has 0 bridgehead atoms. The highest BCUT2D eigenvalue weighted by molar-refractivity contribution is 6.19. The summed E-state index contributed by atoms with van der Waals surface area (Å²) in [6.45, 7) is 0. The Hall–Kier alpha value is -9.40. The molecule has 0 aliphatic rings. The summed E-state index contributed by atoms with van der Waals surface area (Å²) in [7, 11) is 0. The van der Waals surface area contributed by atoms with Gasteiger partial charge in [-0.05, 0) is 54.6 Å². The fourth-order valence-electron chi connectivity index (χ4n) is 9.46. The average molecular weight is 871 g/mol. The smallest absolute Gasteiger partial charge is 0.166 e. The summed E-state index contributed by atoms with van der Waals surface area (Å²) in [6.07, 6.45) is 0. The Bertz CT molecular complexity index is 3890. The summed E-state index contributed by atoms with van der Waals surface area (Å²) in [4.78, 5) is 31.1. The maximum atomic E-state index is 5.33. The van der Waals surface area contributed by atoms with E-state index in [-0.39, 0.29) is 0 Å². The van der Waals surface area contributed by atoms with Crippen LogP contribution in [-0.2, 0) is 0 Å². The van der Waals surface area contributed by atoms with Gasteiger partial charge in [-0.3, -0.25) is 0 Å². The first-order valence-electron chi connectivity index (χ1n) is 22.6. The van der Waals surface area contributed by atoms with Gasteiger partial charge in [0.1, 0.15) is 0 Å². The Labute approximate surface area is 391 Å². The highest BCUT2D eigenvalue weighted by atomic mass is 15.1. The van der Waals surface area contributed by atoms with Crippen LogP contribution in [0.1, 0.15) is 0 Å². The van der Waals surface area contributed by atoms with Crippen LogP contribution in [0.25, 0.3) is 123 Å². The minimum Gasteiger partial charge on any atom is -0.309 e. The number of benzene rings is 9. The largest absolute Gasteiger partial charge is 0.309 e. The molecule has 8 nitrogen and oxygen atoms in total. The summed E-state index contributed by atoms with van der Waals surface area (Å²) in [5.74, 6) is 3.35. The van der Waals surface area contributed by atoms with Gasteiger partial charge in [0.2, 0.25) is 0 Å². The molecule has 0 fully saturated rings. The highest BCUT2D eigenvalue weighted by Gasteiger charge is 2.23. The molecular weight excluding hydrogens is 833 g/mol. The van der Waals surface area contributed by atoms with E-state index in [1.807, 2.05) is 121 Å². The van der Waals surface area contributed by atoms with Gasteiger partial charge in [0.05, 0.1) is 27.8 Å². The van der Waals surface area contributed by atoms with E-state index in [0.29, 0.717) is 34.9 Å². The monoisotopic (exact) mass is 870 g/mol. The van der Waals surface area contributed by atoms with Crippen LogP contribution in [0.3, 0.4) is 0 Å². The normalized spacial score (nSPS) is 11.5. The third-order valence-corrected chi connectivity index (χ3v) is 12.6. The molecule has 9 aromatic carbocycles. The summed E-state index contributed by atoms with van der Waals surface area (Å²) in [6, 6.07) is 79.3. The van der Waals surface area contributed by atoms with Crippen molar-refractivity contribution < 1.29 is 0 Å². The van der Waals surface area contributed by atoms with E-state index in [4.69, 9.17) is 29.9 Å². The van der Waals surface area contributed by atoms with E-state index in [0.717, 1.165) is 77.6 Å². The highest BCUT2D eigenvalue weighted by Crippen LogP contribution is 2.42. The molecule has 0 amide bonds. The van der Waals surface area contributed by atoms with Gasteiger partial charge in [-0.1, -0.05) is 176 Å². The fourth-order valence-corrected chi connectivity index (χ4v) is 9.46. The van der Waals surface area contributed by atoms with E-state index in [2.05, 4.69) is 118 Å². The molecular formula is C60H38N8. The summed E-state index contributed by atoms with van der Waals surface area (Å²) in [5.41, 5.74) is 11.5. The number of hydrogen-bond donors (Lipinski definition) is 0. The van der Waals surface area contributed by atoms with Gasteiger partial charge in [-0.15, -0.1) is 0 Å². The van der Waals surface area contributed by atoms with Gasteiger partial charge in [-0.25, -0.2) is 29.9 Å². The number of para-hydroxylation sites is 3. The lowest BCUT2D eigenvalue weighted by atomic mass is 10.1. The molecule has 0 spiro atoms. The lowest BCUT2D eigenvalue weighted by Gasteiger charge is -2.16. The minimum atomic E-state index is 0.514. The molecule has 68 heavy (non-hydrogen) atoms. The van der Waals surface area contributed by atoms with E-state index < -0.39 is 0 Å². The first kappa shape index (κ1) is 39.0. The standard InChI is InChI=1S/C60H38N8/c1-6-20-39(21-7-1)55-61-56(40-22-8-2-9-23-40)64-59(63-55)43-34-35-52(49(36-43)60-65-57(41-24-10-3-11-25-41)62-58(66-60)42-26-12-4-13-27-42)68-51-33-19-17-31-46(51)48-37-47-45-30-16-18-32-50(45)67(53(47)38-54(48)68)44-28-14-5-15-29-44/h1-38H. The molecule has 0 aliphatic heterocycles. The molecule has 13 aromatic rings. The molecule has 318 valence electrons. The van der Waals surface area contributed by atoms with Crippen molar-refractivity contribution in [2.75, 3.05) is 0 Å². The van der Waals surface area contributed by atoms with Crippen LogP contribution in [-0.4, -0.2) is 39.0 Å². The van der Waals surface area contributed by atoms with Crippen LogP contribution in [0.5, 0.6) is 0 Å². The summed E-state index contributed by atoms with van der Waals surface area (Å²) < 4.78 is 4.73. The maximum absolute atomic E-state index is 5.33. The number of hydrogen-bond acceptors (Lipinski definition) is 6. The molecule has 4 heterocycles. The number of nitrogens with zero attached hydrogens (tertiary/aromatic N) is 8. The molecule has 0 saturated carbocycles. The van der Waals surface area contributed by atoms with Gasteiger partial charge >= 0.3 is 0 Å². The number of rotatable bonds is 8. The Morgan fingerprint density at radius 2 is 0.603 bits per heavy atom. The Balaban J connectivity index is 1.13. The molecule has 0 N–H and O–H groups in total. The van der Waals surface area contributed by atoms with Crippen molar-refractivity contribution in [2.45, 2.75) is 0 Å². The Morgan fingerprint density at radius 3 is 1.07 bits per heavy atom. The second kappa shape index (κ2) is 16.2. The zero-order valence-corrected chi connectivity index (χ0v) is 36.5. The van der Waals surface area contributed by atoms with Crippen LogP contribution >= 0.6 is 0 Å². The second-order valence-electron chi connectivity index (χ2n) is 16.7. The van der Waals surface area contributed by atoms with Gasteiger partial charge in [0.15, 0.2) is 34.9 Å². The number of fused-ring (bicyclic) bond motifs is 6. The van der Waals surface area contributed by atoms with Crippen molar-refractivity contribution in [1.29, 1.82) is 0 Å². The third kappa shape index (κ3) is 6.70. The van der Waals surface area contributed by atoms with Gasteiger partial charge < -0.3 is 9.13 Å². The van der Waals surface area contributed by atoms with Crippen LogP contribution < -0.4 is 0 Å². The topological polar surface area (TPSA) is 87.2 Å². The van der Waals surface area contributed by atoms with Crippen molar-refractivity contribution >= 4 is 43.6 Å². The molecule has 0 radical (unpaired) electrons. The van der Waals surface area contributed by atoms with E-state index in [1.54, 1.807) is 0 Å². The van der Waals surface area contributed by atoms with Crippen molar-refractivity contribution in [2.24, 2.45) is 0 Å². The Morgan fingerprint density at radius 1 is 0.235 bits per heavy atom. The van der Waals surface area contributed by atoms with Crippen LogP contribution in [0.2, 0.25) is 0 Å². The van der Waals surface area contributed by atoms with E-state index >= 15 is 0 Å². The lowest BCUT2D eigenvalue weighted by molar-refractivity contribution is 1.06. The molecule has 0 unspecified atom stereocenters. The second-order valence-corrected chi connectivity index (χ2v) is 16.7. The SMILES string of the molecule is c1ccc(-c2nc(-c3ccccc3)nc(-c3ccc(-n4c5ccccc5c5cc6c7ccccc7n(-c7ccccc7)c6cc54)c(-c4nc(-c5ccccc5)nc(-c5ccccc5)n4)c3)n2)cc1. The molecule has 4 aromatic heterocycles. The molecule has 0 saturated heterocycles. The van der Waals surface area contributed by atoms with Crippen LogP contribution in [0.4, 0.5) is 0 Å². The van der Waals surface area contributed by atoms with Crippen molar-refractivity contribution in [3.63, 3.8) is 0 Å². The van der Waals surface area contributed by atoms with Crippen molar-refractivity contribution in [3.05, 3.63) is 231 Å². The van der Waals surface area contributed by atoms with Crippen LogP contribution in [0, 0.1) is 0 Å². The molecule has 0 atom stereocenters. The quantitative estimate of drug-likeness (QED) is 0.151. The zero-order chi connectivity index (χ0) is 45.0. The first-order chi connectivity index (χ1) is 33.7. The zero-order valence-electron chi connectivity index (χ0n) is 36.5. The van der Waals surface area contributed by atoms with Crippen molar-refractivity contribution in [3.8, 4) is 79.7 Å². The van der Waals surface area contributed by atoms with Crippen LogP contribution in [0.15, 0.2) is 231 Å². The average Bonchev–Trinajstić information content (AvgIpc) is 3.92. The predicted molar refractivity (Wildman–Crippen MR) is 275 cm³/mol. The molecule has 13 rings (SSSR count). The lowest BCUT2D eigenvalue weighted by Crippen LogP contribution is -2.05. The van der Waals surface area contributed by atoms with Gasteiger partial charge in [0, 0.05) is 60.6 Å². The van der Waals surface area contributed by atoms with Gasteiger partial charge in [-0.2, -0.15) is 0 Å². The van der Waals surface area contributed by atoms with E-state index in [1.165, 1.54) is 10.8 Å². The predicted octanol–water partition coefficient (Wildman–Crippen LogP) is 14.3. The number of aromatic nitrogens is 8. The maximum Gasteiger partial charge on any atom is 0.166 e. The summed E-state index contributed by atoms with van der Waals surface area (Å²) >= 11 is 0. The third-order valence-electron chi connectivity index (χ3n) is 12.6. The Kier molecular flexibility index (Phi) is 9.31. The summed E-state index contributed by atoms with van der Waals surface area (Å²) in [5, 5.41) is 4.66.